The van der Waals surface area contributed by atoms with Crippen LogP contribution >= 0.6 is 0 Å². The number of halogens is 1. The molecule has 1 amide bonds. The topological polar surface area (TPSA) is 70.8 Å². The van der Waals surface area contributed by atoms with Gasteiger partial charge in [0, 0.05) is 12.1 Å². The van der Waals surface area contributed by atoms with Crippen LogP contribution in [0.5, 0.6) is 23.0 Å². The van der Waals surface area contributed by atoms with Crippen LogP contribution in [0.25, 0.3) is 0 Å². The first-order valence-electron chi connectivity index (χ1n) is 6.22. The number of amides is 1. The monoisotopic (exact) mass is 289 g/mol. The van der Waals surface area contributed by atoms with Crippen LogP contribution in [0.1, 0.15) is 15.9 Å². The van der Waals surface area contributed by atoms with Crippen molar-refractivity contribution in [2.75, 3.05) is 6.79 Å². The van der Waals surface area contributed by atoms with E-state index in [4.69, 9.17) is 19.9 Å². The maximum absolute atomic E-state index is 13.1. The number of hydrogen-bond acceptors (Lipinski definition) is 4. The summed E-state index contributed by atoms with van der Waals surface area (Å²) in [6.07, 6.45) is 0. The number of fused-ring (bicyclic) bond motifs is 1. The zero-order chi connectivity index (χ0) is 15.0. The molecule has 0 bridgehead atoms. The fraction of sp³-hybridized carbons (Fsp3) is 0.133. The summed E-state index contributed by atoms with van der Waals surface area (Å²) < 4.78 is 29.2. The van der Waals surface area contributed by atoms with E-state index in [0.29, 0.717) is 22.8 Å². The number of aryl methyl sites for hydroxylation is 1. The molecule has 0 aromatic heterocycles. The Hall–Kier alpha value is -2.76. The summed E-state index contributed by atoms with van der Waals surface area (Å²) in [6.45, 7) is 1.78. The minimum Gasteiger partial charge on any atom is -0.456 e. The largest absolute Gasteiger partial charge is 0.456 e. The van der Waals surface area contributed by atoms with Crippen LogP contribution in [0.4, 0.5) is 4.39 Å². The second-order valence-electron chi connectivity index (χ2n) is 4.58. The molecule has 0 saturated carbocycles. The molecule has 0 aliphatic carbocycles. The van der Waals surface area contributed by atoms with E-state index in [9.17, 15) is 9.18 Å². The van der Waals surface area contributed by atoms with Crippen LogP contribution < -0.4 is 19.9 Å². The maximum atomic E-state index is 13.1. The lowest BCUT2D eigenvalue weighted by molar-refractivity contribution is 0.0997. The minimum atomic E-state index is -0.650. The van der Waals surface area contributed by atoms with Gasteiger partial charge in [0.15, 0.2) is 11.5 Å². The van der Waals surface area contributed by atoms with Crippen molar-refractivity contribution in [2.24, 2.45) is 5.73 Å². The van der Waals surface area contributed by atoms with Gasteiger partial charge in [-0.2, -0.15) is 0 Å². The lowest BCUT2D eigenvalue weighted by atomic mass is 10.1. The average molecular weight is 289 g/mol. The number of ether oxygens (including phenoxy) is 3. The predicted molar refractivity (Wildman–Crippen MR) is 72.3 cm³/mol. The summed E-state index contributed by atoms with van der Waals surface area (Å²) in [5, 5.41) is 0. The quantitative estimate of drug-likeness (QED) is 0.943. The van der Waals surface area contributed by atoms with E-state index in [-0.39, 0.29) is 23.9 Å². The van der Waals surface area contributed by atoms with Crippen molar-refractivity contribution < 1.29 is 23.4 Å². The summed E-state index contributed by atoms with van der Waals surface area (Å²) in [7, 11) is 0. The Labute approximate surface area is 120 Å². The van der Waals surface area contributed by atoms with Crippen LogP contribution in [0.3, 0.4) is 0 Å². The third-order valence-corrected chi connectivity index (χ3v) is 3.10. The molecule has 5 nitrogen and oxygen atoms in total. The van der Waals surface area contributed by atoms with E-state index in [0.717, 1.165) is 0 Å². The Morgan fingerprint density at radius 2 is 1.90 bits per heavy atom. The van der Waals surface area contributed by atoms with E-state index in [1.165, 1.54) is 30.3 Å². The third kappa shape index (κ3) is 2.47. The molecule has 2 aromatic carbocycles. The second-order valence-corrected chi connectivity index (χ2v) is 4.58. The number of carbonyl (C=O) groups excluding carboxylic acids is 1. The predicted octanol–water partition coefficient (Wildman–Crippen LogP) is 2.75. The van der Waals surface area contributed by atoms with E-state index in [1.807, 2.05) is 0 Å². The highest BCUT2D eigenvalue weighted by Gasteiger charge is 2.21. The SMILES string of the molecule is Cc1cc(F)ccc1Oc1cc2c(cc1C(N)=O)OCO2. The molecule has 0 spiro atoms. The number of carbonyl (C=O) groups is 1. The summed E-state index contributed by atoms with van der Waals surface area (Å²) in [5.74, 6) is 0.560. The van der Waals surface area contributed by atoms with Crippen molar-refractivity contribution in [3.05, 3.63) is 47.3 Å². The molecular formula is C15H12FNO4. The molecule has 108 valence electrons. The van der Waals surface area contributed by atoms with Crippen LogP contribution in [-0.4, -0.2) is 12.7 Å². The van der Waals surface area contributed by atoms with Crippen molar-refractivity contribution in [1.29, 1.82) is 0 Å². The Bertz CT molecular complexity index is 730. The van der Waals surface area contributed by atoms with Gasteiger partial charge in [0.05, 0.1) is 5.56 Å². The number of rotatable bonds is 3. The molecule has 0 saturated heterocycles. The van der Waals surface area contributed by atoms with Gasteiger partial charge in [-0.05, 0) is 30.7 Å². The molecule has 6 heteroatoms. The number of nitrogens with two attached hydrogens (primary N) is 1. The van der Waals surface area contributed by atoms with E-state index < -0.39 is 5.91 Å². The van der Waals surface area contributed by atoms with Gasteiger partial charge >= 0.3 is 0 Å². The molecule has 3 rings (SSSR count). The lowest BCUT2D eigenvalue weighted by Gasteiger charge is -2.12. The van der Waals surface area contributed by atoms with E-state index in [1.54, 1.807) is 6.92 Å². The molecule has 0 radical (unpaired) electrons. The number of primary amides is 1. The van der Waals surface area contributed by atoms with E-state index >= 15 is 0 Å². The first-order valence-corrected chi connectivity index (χ1v) is 6.22. The van der Waals surface area contributed by atoms with Crippen molar-refractivity contribution in [3.63, 3.8) is 0 Å². The van der Waals surface area contributed by atoms with Gasteiger partial charge in [-0.25, -0.2) is 4.39 Å². The first kappa shape index (κ1) is 13.2. The normalized spacial score (nSPS) is 12.3. The Morgan fingerprint density at radius 1 is 1.19 bits per heavy atom. The van der Waals surface area contributed by atoms with Crippen LogP contribution in [0.15, 0.2) is 30.3 Å². The summed E-state index contributed by atoms with van der Waals surface area (Å²) in [6, 6.07) is 7.11. The standard InChI is InChI=1S/C15H12FNO4/c1-8-4-9(16)2-3-11(8)21-12-6-14-13(19-7-20-14)5-10(12)15(17)18/h2-6H,7H2,1H3,(H2,17,18). The highest BCUT2D eigenvalue weighted by atomic mass is 19.1. The van der Waals surface area contributed by atoms with Gasteiger partial charge in [0.2, 0.25) is 6.79 Å². The summed E-state index contributed by atoms with van der Waals surface area (Å²) in [4.78, 5) is 11.5. The molecule has 21 heavy (non-hydrogen) atoms. The van der Waals surface area contributed by atoms with Gasteiger partial charge in [-0.1, -0.05) is 0 Å². The number of hydrogen-bond donors (Lipinski definition) is 1. The molecule has 0 atom stereocenters. The van der Waals surface area contributed by atoms with Gasteiger partial charge in [-0.3, -0.25) is 4.79 Å². The van der Waals surface area contributed by atoms with Crippen molar-refractivity contribution in [1.82, 2.24) is 0 Å². The summed E-state index contributed by atoms with van der Waals surface area (Å²) >= 11 is 0. The zero-order valence-electron chi connectivity index (χ0n) is 11.2. The lowest BCUT2D eigenvalue weighted by Crippen LogP contribution is -2.12. The second kappa shape index (κ2) is 4.97. The fourth-order valence-corrected chi connectivity index (χ4v) is 2.05. The first-order chi connectivity index (χ1) is 10.0. The highest BCUT2D eigenvalue weighted by Crippen LogP contribution is 2.40. The summed E-state index contributed by atoms with van der Waals surface area (Å²) in [5.41, 5.74) is 6.12. The molecule has 0 fully saturated rings. The Morgan fingerprint density at radius 3 is 2.57 bits per heavy atom. The van der Waals surface area contributed by atoms with Gasteiger partial charge in [0.1, 0.15) is 17.3 Å². The average Bonchev–Trinajstić information content (AvgIpc) is 2.88. The molecule has 1 heterocycles. The molecule has 1 aliphatic heterocycles. The smallest absolute Gasteiger partial charge is 0.252 e. The van der Waals surface area contributed by atoms with Crippen molar-refractivity contribution >= 4 is 5.91 Å². The third-order valence-electron chi connectivity index (χ3n) is 3.10. The van der Waals surface area contributed by atoms with Gasteiger partial charge in [0.25, 0.3) is 5.91 Å². The minimum absolute atomic E-state index is 0.0760. The van der Waals surface area contributed by atoms with Crippen LogP contribution in [0, 0.1) is 12.7 Å². The zero-order valence-corrected chi connectivity index (χ0v) is 11.2. The Kier molecular flexibility index (Phi) is 3.13. The Balaban J connectivity index is 2.03. The number of benzene rings is 2. The molecule has 0 unspecified atom stereocenters. The molecular weight excluding hydrogens is 277 g/mol. The van der Waals surface area contributed by atoms with Crippen LogP contribution in [0.2, 0.25) is 0 Å². The molecule has 1 aliphatic rings. The van der Waals surface area contributed by atoms with Gasteiger partial charge in [-0.15, -0.1) is 0 Å². The van der Waals surface area contributed by atoms with E-state index in [2.05, 4.69) is 0 Å². The van der Waals surface area contributed by atoms with Crippen LogP contribution in [-0.2, 0) is 0 Å². The molecule has 2 aromatic rings. The van der Waals surface area contributed by atoms with Crippen molar-refractivity contribution in [3.8, 4) is 23.0 Å². The van der Waals surface area contributed by atoms with Crippen molar-refractivity contribution in [2.45, 2.75) is 6.92 Å². The highest BCUT2D eigenvalue weighted by molar-refractivity contribution is 5.96. The maximum Gasteiger partial charge on any atom is 0.252 e. The molecule has 2 N–H and O–H groups in total. The fourth-order valence-electron chi connectivity index (χ4n) is 2.05. The van der Waals surface area contributed by atoms with Gasteiger partial charge < -0.3 is 19.9 Å².